The maximum atomic E-state index is 11.2. The summed E-state index contributed by atoms with van der Waals surface area (Å²) >= 11 is 0. The van der Waals surface area contributed by atoms with Crippen LogP contribution in [-0.4, -0.2) is 54.2 Å². The Bertz CT molecular complexity index is 1620. The van der Waals surface area contributed by atoms with Gasteiger partial charge in [0.05, 0.1) is 42.7 Å². The lowest BCUT2D eigenvalue weighted by Crippen LogP contribution is -1.92. The quantitative estimate of drug-likeness (QED) is 0.0827. The number of benzene rings is 5. The SMILES string of the molecule is COOc1ccc(OOC)cc1.COc1ccc(C(C)=O)cc1.COc1ccc(OC)cc1.COc1ccc2cc(C(C)=O)ccc2c1. The lowest BCUT2D eigenvalue weighted by molar-refractivity contribution is -0.181. The highest BCUT2D eigenvalue weighted by atomic mass is 17.2. The summed E-state index contributed by atoms with van der Waals surface area (Å²) in [6, 6.07) is 32.8. The van der Waals surface area contributed by atoms with Crippen LogP contribution in [0.5, 0.6) is 34.5 Å². The second kappa shape index (κ2) is 21.3. The molecule has 0 saturated heterocycles. The number of fused-ring (bicyclic) bond motifs is 1. The summed E-state index contributed by atoms with van der Waals surface area (Å²) < 4.78 is 20.0. The molecule has 0 atom stereocenters. The highest BCUT2D eigenvalue weighted by Crippen LogP contribution is 2.22. The lowest BCUT2D eigenvalue weighted by atomic mass is 10.0. The molecule has 0 aromatic heterocycles. The van der Waals surface area contributed by atoms with Crippen LogP contribution < -0.4 is 28.7 Å². The van der Waals surface area contributed by atoms with E-state index in [1.807, 2.05) is 60.7 Å². The summed E-state index contributed by atoms with van der Waals surface area (Å²) in [7, 11) is 9.41. The van der Waals surface area contributed by atoms with Crippen molar-refractivity contribution in [3.8, 4) is 34.5 Å². The van der Waals surface area contributed by atoms with E-state index in [9.17, 15) is 9.59 Å². The molecule has 0 unspecified atom stereocenters. The molecule has 0 radical (unpaired) electrons. The fourth-order valence-corrected chi connectivity index (χ4v) is 3.85. The molecule has 0 spiro atoms. The van der Waals surface area contributed by atoms with E-state index in [1.54, 1.807) is 90.8 Å². The Hall–Kier alpha value is -5.58. The topological polar surface area (TPSA) is 108 Å². The molecule has 0 N–H and O–H groups in total. The first kappa shape index (κ1) is 38.6. The molecule has 0 heterocycles. The molecule has 254 valence electrons. The second-order valence-corrected chi connectivity index (χ2v) is 9.62. The van der Waals surface area contributed by atoms with Gasteiger partial charge in [-0.15, -0.1) is 0 Å². The van der Waals surface area contributed by atoms with Crippen molar-refractivity contribution in [2.45, 2.75) is 13.8 Å². The van der Waals surface area contributed by atoms with E-state index < -0.39 is 0 Å². The number of ether oxygens (including phenoxy) is 4. The molecule has 0 fully saturated rings. The van der Waals surface area contributed by atoms with Crippen molar-refractivity contribution in [3.63, 3.8) is 0 Å². The predicted octanol–water partition coefficient (Wildman–Crippen LogP) is 8.22. The highest BCUT2D eigenvalue weighted by molar-refractivity contribution is 5.98. The van der Waals surface area contributed by atoms with E-state index in [-0.39, 0.29) is 11.6 Å². The number of rotatable bonds is 10. The molecule has 5 aromatic rings. The first-order chi connectivity index (χ1) is 23.2. The Balaban J connectivity index is 0.000000225. The predicted molar refractivity (Wildman–Crippen MR) is 185 cm³/mol. The van der Waals surface area contributed by atoms with Gasteiger partial charge in [-0.05, 0) is 116 Å². The summed E-state index contributed by atoms with van der Waals surface area (Å²) in [5.41, 5.74) is 1.46. The zero-order chi connectivity index (χ0) is 35.3. The van der Waals surface area contributed by atoms with E-state index in [2.05, 4.69) is 9.78 Å². The molecule has 10 nitrogen and oxygen atoms in total. The molecule has 0 bridgehead atoms. The minimum atomic E-state index is 0.0765. The third-order valence-electron chi connectivity index (χ3n) is 6.43. The van der Waals surface area contributed by atoms with Crippen LogP contribution in [0, 0.1) is 0 Å². The Kier molecular flexibility index (Phi) is 17.1. The first-order valence-corrected chi connectivity index (χ1v) is 14.6. The molecule has 0 amide bonds. The summed E-state index contributed by atoms with van der Waals surface area (Å²) in [5.74, 6) is 4.69. The van der Waals surface area contributed by atoms with Crippen molar-refractivity contribution in [2.24, 2.45) is 0 Å². The molecule has 10 heteroatoms. The van der Waals surface area contributed by atoms with Crippen LogP contribution in [0.3, 0.4) is 0 Å². The van der Waals surface area contributed by atoms with Crippen LogP contribution in [0.15, 0.2) is 109 Å². The Morgan fingerprint density at radius 2 is 0.688 bits per heavy atom. The second-order valence-electron chi connectivity index (χ2n) is 9.62. The van der Waals surface area contributed by atoms with E-state index in [0.29, 0.717) is 17.1 Å². The van der Waals surface area contributed by atoms with Crippen molar-refractivity contribution >= 4 is 22.3 Å². The summed E-state index contributed by atoms with van der Waals surface area (Å²) in [5, 5.41) is 2.14. The van der Waals surface area contributed by atoms with Crippen LogP contribution in [0.1, 0.15) is 34.6 Å². The first-order valence-electron chi connectivity index (χ1n) is 14.6. The monoisotopic (exact) mass is 658 g/mol. The number of carbonyl (C=O) groups is 2. The van der Waals surface area contributed by atoms with Crippen molar-refractivity contribution in [1.29, 1.82) is 0 Å². The minimum absolute atomic E-state index is 0.0765. The third-order valence-corrected chi connectivity index (χ3v) is 6.43. The van der Waals surface area contributed by atoms with Crippen LogP contribution in [-0.2, 0) is 9.78 Å². The fraction of sp³-hybridized carbons (Fsp3) is 0.211. The van der Waals surface area contributed by atoms with Crippen LogP contribution in [0.4, 0.5) is 0 Å². The molecule has 5 aromatic carbocycles. The van der Waals surface area contributed by atoms with Crippen molar-refractivity contribution < 1.29 is 48.1 Å². The Morgan fingerprint density at radius 1 is 0.375 bits per heavy atom. The number of hydrogen-bond donors (Lipinski definition) is 0. The largest absolute Gasteiger partial charge is 0.497 e. The van der Waals surface area contributed by atoms with Gasteiger partial charge in [0.25, 0.3) is 0 Å². The number of carbonyl (C=O) groups excluding carboxylic acids is 2. The van der Waals surface area contributed by atoms with E-state index in [4.69, 9.17) is 28.7 Å². The Morgan fingerprint density at radius 3 is 1.06 bits per heavy atom. The van der Waals surface area contributed by atoms with Crippen molar-refractivity contribution in [1.82, 2.24) is 0 Å². The maximum absolute atomic E-state index is 11.2. The average Bonchev–Trinajstić information content (AvgIpc) is 3.13. The smallest absolute Gasteiger partial charge is 0.165 e. The fourth-order valence-electron chi connectivity index (χ4n) is 3.85. The van der Waals surface area contributed by atoms with Gasteiger partial charge >= 0.3 is 0 Å². The van der Waals surface area contributed by atoms with Gasteiger partial charge in [-0.25, -0.2) is 0 Å². The van der Waals surface area contributed by atoms with Crippen molar-refractivity contribution in [3.05, 3.63) is 120 Å². The molecule has 5 rings (SSSR count). The summed E-state index contributed by atoms with van der Waals surface area (Å²) in [6.07, 6.45) is 0. The van der Waals surface area contributed by atoms with Gasteiger partial charge in [-0.2, -0.15) is 9.78 Å². The van der Waals surface area contributed by atoms with E-state index in [0.717, 1.165) is 39.3 Å². The summed E-state index contributed by atoms with van der Waals surface area (Å²) in [6.45, 7) is 3.12. The zero-order valence-electron chi connectivity index (χ0n) is 28.5. The third kappa shape index (κ3) is 13.4. The highest BCUT2D eigenvalue weighted by Gasteiger charge is 2.02. The van der Waals surface area contributed by atoms with E-state index >= 15 is 0 Å². The molecule has 0 aliphatic rings. The van der Waals surface area contributed by atoms with Gasteiger partial charge in [-0.3, -0.25) is 9.59 Å². The van der Waals surface area contributed by atoms with Crippen LogP contribution in [0.25, 0.3) is 10.8 Å². The maximum Gasteiger partial charge on any atom is 0.165 e. The number of Topliss-reactive ketones (excluding diaryl/α,β-unsaturated/α-hetero) is 2. The van der Waals surface area contributed by atoms with Crippen LogP contribution >= 0.6 is 0 Å². The van der Waals surface area contributed by atoms with Gasteiger partial charge in [0.15, 0.2) is 23.1 Å². The molecule has 0 aliphatic carbocycles. The number of hydrogen-bond acceptors (Lipinski definition) is 10. The van der Waals surface area contributed by atoms with E-state index in [1.165, 1.54) is 14.2 Å². The summed E-state index contributed by atoms with van der Waals surface area (Å²) in [4.78, 5) is 40.4. The molecular weight excluding hydrogens is 616 g/mol. The normalized spacial score (nSPS) is 9.58. The standard InChI is InChI=1S/C13H12O2.C9H10O2.C8H10O4.C8H10O2/c1-9(14)10-3-4-12-8-13(15-2)6-5-11(12)7-10;1-7(10)8-3-5-9(11-2)6-4-8;1-9-11-7-3-5-8(6-4-7)12-10-2;1-9-7-3-5-8(10-2)6-4-7/h3-8H,1-2H3;3-6H,1-2H3;3-6H,1-2H3;3-6H,1-2H3. The van der Waals surface area contributed by atoms with Crippen molar-refractivity contribution in [2.75, 3.05) is 42.7 Å². The van der Waals surface area contributed by atoms with Gasteiger partial charge in [0, 0.05) is 11.1 Å². The van der Waals surface area contributed by atoms with Gasteiger partial charge in [-0.1, -0.05) is 18.2 Å². The average molecular weight is 659 g/mol. The molecule has 0 aliphatic heterocycles. The van der Waals surface area contributed by atoms with Crippen LogP contribution in [0.2, 0.25) is 0 Å². The Labute approximate surface area is 281 Å². The van der Waals surface area contributed by atoms with Gasteiger partial charge in [0.2, 0.25) is 0 Å². The molecular formula is C38H42O10. The molecule has 0 saturated carbocycles. The minimum Gasteiger partial charge on any atom is -0.497 e. The lowest BCUT2D eigenvalue weighted by Gasteiger charge is -2.03. The molecule has 48 heavy (non-hydrogen) atoms. The number of methoxy groups -OCH3 is 4. The van der Waals surface area contributed by atoms with Gasteiger partial charge in [0.1, 0.15) is 23.0 Å². The van der Waals surface area contributed by atoms with Gasteiger partial charge < -0.3 is 28.7 Å². The zero-order valence-corrected chi connectivity index (χ0v) is 28.5. The number of ketones is 2.